The highest BCUT2D eigenvalue weighted by Crippen LogP contribution is 2.34. The van der Waals surface area contributed by atoms with Crippen molar-refractivity contribution in [3.63, 3.8) is 0 Å². The van der Waals surface area contributed by atoms with Gasteiger partial charge in [-0.3, -0.25) is 9.79 Å². The lowest BCUT2D eigenvalue weighted by Gasteiger charge is -2.25. The normalized spacial score (nSPS) is 14.9. The van der Waals surface area contributed by atoms with Gasteiger partial charge in [-0.15, -0.1) is 0 Å². The average Bonchev–Trinajstić information content (AvgIpc) is 2.86. The highest BCUT2D eigenvalue weighted by Gasteiger charge is 2.12. The van der Waals surface area contributed by atoms with E-state index in [2.05, 4.69) is 34.2 Å². The summed E-state index contributed by atoms with van der Waals surface area (Å²) >= 11 is 0. The van der Waals surface area contributed by atoms with E-state index < -0.39 is 0 Å². The smallest absolute Gasteiger partial charge is 0.185 e. The lowest BCUT2D eigenvalue weighted by Crippen LogP contribution is -2.10. The van der Waals surface area contributed by atoms with Gasteiger partial charge in [0, 0.05) is 17.1 Å². The third-order valence-electron chi connectivity index (χ3n) is 5.64. The van der Waals surface area contributed by atoms with Crippen LogP contribution in [0.3, 0.4) is 0 Å². The molecular formula is C28H28N2O2. The number of para-hydroxylation sites is 2. The maximum atomic E-state index is 11.5. The number of benzene rings is 3. The van der Waals surface area contributed by atoms with Crippen LogP contribution in [-0.4, -0.2) is 18.7 Å². The molecule has 1 saturated carbocycles. The summed E-state index contributed by atoms with van der Waals surface area (Å²) in [4.78, 5) is 18.1. The molecule has 0 bridgehead atoms. The lowest BCUT2D eigenvalue weighted by atomic mass is 9.96. The van der Waals surface area contributed by atoms with Crippen LogP contribution in [0, 0.1) is 0 Å². The van der Waals surface area contributed by atoms with E-state index in [1.807, 2.05) is 60.7 Å². The Hall–Kier alpha value is -3.66. The van der Waals surface area contributed by atoms with Gasteiger partial charge in [-0.05, 0) is 60.9 Å². The molecule has 0 spiro atoms. The molecule has 0 aromatic heterocycles. The highest BCUT2D eigenvalue weighted by atomic mass is 16.5. The Balaban J connectivity index is 1.51. The van der Waals surface area contributed by atoms with Crippen molar-refractivity contribution in [2.24, 2.45) is 4.99 Å². The minimum atomic E-state index is 0.250. The van der Waals surface area contributed by atoms with Gasteiger partial charge < -0.3 is 9.64 Å². The minimum Gasteiger partial charge on any atom is -0.443 e. The number of aldehydes is 1. The first-order valence-electron chi connectivity index (χ1n) is 11.2. The third-order valence-corrected chi connectivity index (χ3v) is 5.64. The second-order valence-electron chi connectivity index (χ2n) is 7.93. The maximum Gasteiger partial charge on any atom is 0.185 e. The predicted molar refractivity (Wildman–Crippen MR) is 132 cm³/mol. The SMILES string of the molecule is O=C/C(=C\c1ccc(N(c2ccccc2)c2ccccc2)cc1)O/C=N/C1CCCCC1. The first-order chi connectivity index (χ1) is 15.8. The van der Waals surface area contributed by atoms with Crippen molar-refractivity contribution in [2.75, 3.05) is 4.90 Å². The van der Waals surface area contributed by atoms with Crippen LogP contribution in [-0.2, 0) is 9.53 Å². The number of carbonyl (C=O) groups is 1. The Morgan fingerprint density at radius 1 is 0.781 bits per heavy atom. The second kappa shape index (κ2) is 11.1. The van der Waals surface area contributed by atoms with Crippen LogP contribution in [0.4, 0.5) is 17.1 Å². The maximum absolute atomic E-state index is 11.5. The van der Waals surface area contributed by atoms with Gasteiger partial charge in [0.1, 0.15) is 0 Å². The summed E-state index contributed by atoms with van der Waals surface area (Å²) in [6, 6.07) is 28.9. The van der Waals surface area contributed by atoms with E-state index in [9.17, 15) is 4.79 Å². The third kappa shape index (κ3) is 5.73. The Morgan fingerprint density at radius 2 is 1.34 bits per heavy atom. The van der Waals surface area contributed by atoms with Gasteiger partial charge in [-0.25, -0.2) is 0 Å². The molecule has 4 heteroatoms. The molecule has 3 aromatic carbocycles. The van der Waals surface area contributed by atoms with Crippen LogP contribution >= 0.6 is 0 Å². The number of anilines is 3. The van der Waals surface area contributed by atoms with Gasteiger partial charge in [0.2, 0.25) is 0 Å². The Bertz CT molecular complexity index is 998. The van der Waals surface area contributed by atoms with Crippen LogP contribution in [0.15, 0.2) is 95.7 Å². The standard InChI is InChI=1S/C28H28N2O2/c31-21-28(32-22-29-24-10-4-1-5-11-24)20-23-16-18-27(19-17-23)30(25-12-6-2-7-13-25)26-14-8-3-9-15-26/h2-3,6-9,12-22,24H,1,4-5,10-11H2/b28-20+,29-22+. The average molecular weight is 425 g/mol. The Kier molecular flexibility index (Phi) is 7.48. The summed E-state index contributed by atoms with van der Waals surface area (Å²) in [5.74, 6) is 0.250. The molecule has 0 unspecified atom stereocenters. The number of carbonyl (C=O) groups excluding carboxylic acids is 1. The minimum absolute atomic E-state index is 0.250. The first-order valence-corrected chi connectivity index (χ1v) is 11.2. The number of aliphatic imine (C=N–C) groups is 1. The summed E-state index contributed by atoms with van der Waals surface area (Å²) in [5, 5.41) is 0. The predicted octanol–water partition coefficient (Wildman–Crippen LogP) is 7.07. The van der Waals surface area contributed by atoms with Crippen LogP contribution in [0.2, 0.25) is 0 Å². The van der Waals surface area contributed by atoms with Crippen molar-refractivity contribution in [2.45, 2.75) is 38.1 Å². The van der Waals surface area contributed by atoms with Crippen molar-refractivity contribution >= 4 is 35.8 Å². The molecule has 162 valence electrons. The van der Waals surface area contributed by atoms with Crippen molar-refractivity contribution < 1.29 is 9.53 Å². The number of hydrogen-bond acceptors (Lipinski definition) is 4. The number of ether oxygens (including phenoxy) is 1. The monoisotopic (exact) mass is 424 g/mol. The largest absolute Gasteiger partial charge is 0.443 e. The zero-order chi connectivity index (χ0) is 22.0. The van der Waals surface area contributed by atoms with E-state index in [4.69, 9.17) is 4.74 Å². The summed E-state index contributed by atoms with van der Waals surface area (Å²) in [5.41, 5.74) is 4.09. The quantitative estimate of drug-likeness (QED) is 0.128. The number of nitrogens with zero attached hydrogens (tertiary/aromatic N) is 2. The highest BCUT2D eigenvalue weighted by molar-refractivity contribution is 5.82. The molecule has 1 aliphatic rings. The molecular weight excluding hydrogens is 396 g/mol. The van der Waals surface area contributed by atoms with Crippen molar-refractivity contribution in [3.8, 4) is 0 Å². The van der Waals surface area contributed by atoms with Gasteiger partial charge in [0.15, 0.2) is 18.4 Å². The number of hydrogen-bond donors (Lipinski definition) is 0. The molecule has 0 aliphatic heterocycles. The Labute approximate surface area is 189 Å². The van der Waals surface area contributed by atoms with Gasteiger partial charge in [0.05, 0.1) is 6.04 Å². The fraction of sp³-hybridized carbons (Fsp3) is 0.214. The number of rotatable bonds is 8. The molecule has 0 N–H and O–H groups in total. The molecule has 0 atom stereocenters. The molecule has 0 heterocycles. The van der Waals surface area contributed by atoms with Crippen LogP contribution in [0.25, 0.3) is 6.08 Å². The molecule has 1 aliphatic carbocycles. The molecule has 32 heavy (non-hydrogen) atoms. The zero-order valence-electron chi connectivity index (χ0n) is 18.1. The van der Waals surface area contributed by atoms with Crippen LogP contribution in [0.1, 0.15) is 37.7 Å². The van der Waals surface area contributed by atoms with E-state index in [0.717, 1.165) is 41.8 Å². The summed E-state index contributed by atoms with van der Waals surface area (Å²) in [6.07, 6.45) is 9.80. The molecule has 1 fully saturated rings. The van der Waals surface area contributed by atoms with Crippen LogP contribution in [0.5, 0.6) is 0 Å². The van der Waals surface area contributed by atoms with Gasteiger partial charge in [-0.2, -0.15) is 0 Å². The number of allylic oxidation sites excluding steroid dienone is 1. The molecule has 3 aromatic rings. The molecule has 0 amide bonds. The fourth-order valence-electron chi connectivity index (χ4n) is 3.99. The summed E-state index contributed by atoms with van der Waals surface area (Å²) in [7, 11) is 0. The van der Waals surface area contributed by atoms with E-state index in [0.29, 0.717) is 6.04 Å². The molecule has 4 rings (SSSR count). The zero-order valence-corrected chi connectivity index (χ0v) is 18.1. The summed E-state index contributed by atoms with van der Waals surface area (Å²) < 4.78 is 5.51. The van der Waals surface area contributed by atoms with E-state index in [-0.39, 0.29) is 5.76 Å². The molecule has 4 nitrogen and oxygen atoms in total. The van der Waals surface area contributed by atoms with E-state index in [1.165, 1.54) is 25.7 Å². The summed E-state index contributed by atoms with van der Waals surface area (Å²) in [6.45, 7) is 0. The molecule has 0 saturated heterocycles. The van der Waals surface area contributed by atoms with Crippen molar-refractivity contribution in [1.82, 2.24) is 0 Å². The Morgan fingerprint density at radius 3 is 1.91 bits per heavy atom. The fourth-order valence-corrected chi connectivity index (χ4v) is 3.99. The van der Waals surface area contributed by atoms with Crippen molar-refractivity contribution in [1.29, 1.82) is 0 Å². The first kappa shape index (κ1) is 21.6. The lowest BCUT2D eigenvalue weighted by molar-refractivity contribution is -0.106. The van der Waals surface area contributed by atoms with Gasteiger partial charge >= 0.3 is 0 Å². The topological polar surface area (TPSA) is 41.9 Å². The van der Waals surface area contributed by atoms with Gasteiger partial charge in [-0.1, -0.05) is 67.8 Å². The molecule has 0 radical (unpaired) electrons. The van der Waals surface area contributed by atoms with E-state index >= 15 is 0 Å². The van der Waals surface area contributed by atoms with Gasteiger partial charge in [0.25, 0.3) is 0 Å². The van der Waals surface area contributed by atoms with E-state index in [1.54, 1.807) is 6.08 Å². The van der Waals surface area contributed by atoms with Crippen LogP contribution < -0.4 is 4.90 Å². The second-order valence-corrected chi connectivity index (χ2v) is 7.93. The van der Waals surface area contributed by atoms with Crippen molar-refractivity contribution in [3.05, 3.63) is 96.3 Å².